The van der Waals surface area contributed by atoms with Crippen molar-refractivity contribution in [3.63, 3.8) is 0 Å². The Labute approximate surface area is 134 Å². The molecule has 4 aliphatic rings. The molecule has 5 rings (SSSR count). The van der Waals surface area contributed by atoms with Gasteiger partial charge in [0.2, 0.25) is 0 Å². The molecule has 0 unspecified atom stereocenters. The Bertz CT molecular complexity index is 559. The van der Waals surface area contributed by atoms with E-state index in [9.17, 15) is 0 Å². The molecule has 0 bridgehead atoms. The molecule has 2 saturated carbocycles. The van der Waals surface area contributed by atoms with E-state index in [1.165, 1.54) is 57.9 Å². The van der Waals surface area contributed by atoms with Crippen LogP contribution in [0.5, 0.6) is 0 Å². The van der Waals surface area contributed by atoms with Crippen molar-refractivity contribution in [1.82, 2.24) is 5.32 Å². The summed E-state index contributed by atoms with van der Waals surface area (Å²) >= 11 is 0. The fourth-order valence-electron chi connectivity index (χ4n) is 5.80. The minimum Gasteiger partial charge on any atom is -0.365 e. The monoisotopic (exact) mass is 296 g/mol. The van der Waals surface area contributed by atoms with Crippen molar-refractivity contribution in [2.45, 2.75) is 75.3 Å². The van der Waals surface area contributed by atoms with Gasteiger partial charge in [0.15, 0.2) is 0 Å². The minimum absolute atomic E-state index is 0.734. The highest BCUT2D eigenvalue weighted by atomic mass is 15.3. The molecule has 2 heterocycles. The van der Waals surface area contributed by atoms with E-state index in [2.05, 4.69) is 28.4 Å². The maximum Gasteiger partial charge on any atom is 0.0513 e. The molecular formula is C20H28N2. The summed E-state index contributed by atoms with van der Waals surface area (Å²) in [5, 5.41) is 3.79. The van der Waals surface area contributed by atoms with Crippen molar-refractivity contribution < 1.29 is 0 Å². The van der Waals surface area contributed by atoms with E-state index in [0.717, 1.165) is 30.5 Å². The predicted molar refractivity (Wildman–Crippen MR) is 91.8 cm³/mol. The van der Waals surface area contributed by atoms with Gasteiger partial charge in [-0.25, -0.2) is 0 Å². The molecule has 0 amide bonds. The molecule has 3 fully saturated rings. The summed E-state index contributed by atoms with van der Waals surface area (Å²) in [5.41, 5.74) is 4.91. The topological polar surface area (TPSA) is 15.3 Å². The van der Waals surface area contributed by atoms with Crippen molar-refractivity contribution in [3.05, 3.63) is 29.3 Å². The summed E-state index contributed by atoms with van der Waals surface area (Å²) in [6.45, 7) is 2.37. The Hall–Kier alpha value is -1.02. The van der Waals surface area contributed by atoms with Gasteiger partial charge in [-0.15, -0.1) is 0 Å². The Morgan fingerprint density at radius 1 is 0.955 bits per heavy atom. The maximum atomic E-state index is 3.79. The van der Waals surface area contributed by atoms with Crippen molar-refractivity contribution in [2.24, 2.45) is 0 Å². The van der Waals surface area contributed by atoms with Crippen LogP contribution in [-0.2, 0) is 0 Å². The largest absolute Gasteiger partial charge is 0.365 e. The van der Waals surface area contributed by atoms with Crippen molar-refractivity contribution in [3.8, 4) is 0 Å². The van der Waals surface area contributed by atoms with Gasteiger partial charge in [-0.3, -0.25) is 0 Å². The third-order valence-electron chi connectivity index (χ3n) is 6.81. The summed E-state index contributed by atoms with van der Waals surface area (Å²) in [5.74, 6) is 1.64. The lowest BCUT2D eigenvalue weighted by atomic mass is 9.77. The zero-order chi connectivity index (χ0) is 14.5. The second-order valence-corrected chi connectivity index (χ2v) is 7.94. The first-order valence-corrected chi connectivity index (χ1v) is 9.56. The van der Waals surface area contributed by atoms with Crippen LogP contribution in [0.25, 0.3) is 0 Å². The number of nitrogens with one attached hydrogen (secondary N) is 1. The number of benzene rings is 1. The Balaban J connectivity index is 1.52. The Morgan fingerprint density at radius 3 is 2.77 bits per heavy atom. The average molecular weight is 296 g/mol. The van der Waals surface area contributed by atoms with Gasteiger partial charge in [0, 0.05) is 30.7 Å². The van der Waals surface area contributed by atoms with E-state index in [1.54, 1.807) is 16.8 Å². The van der Waals surface area contributed by atoms with Crippen molar-refractivity contribution in [1.29, 1.82) is 0 Å². The van der Waals surface area contributed by atoms with E-state index in [-0.39, 0.29) is 0 Å². The third kappa shape index (κ3) is 1.96. The van der Waals surface area contributed by atoms with Crippen LogP contribution in [0.4, 0.5) is 5.69 Å². The first-order valence-electron chi connectivity index (χ1n) is 9.56. The highest BCUT2D eigenvalue weighted by Gasteiger charge is 2.46. The molecule has 1 N–H and O–H groups in total. The van der Waals surface area contributed by atoms with E-state index in [4.69, 9.17) is 0 Å². The van der Waals surface area contributed by atoms with Gasteiger partial charge in [0.1, 0.15) is 0 Å². The summed E-state index contributed by atoms with van der Waals surface area (Å²) in [4.78, 5) is 2.74. The number of hydrogen-bond donors (Lipinski definition) is 1. The van der Waals surface area contributed by atoms with Gasteiger partial charge < -0.3 is 10.2 Å². The first-order chi connectivity index (χ1) is 10.9. The number of hydrogen-bond acceptors (Lipinski definition) is 2. The van der Waals surface area contributed by atoms with Crippen LogP contribution < -0.4 is 10.2 Å². The van der Waals surface area contributed by atoms with E-state index in [1.807, 2.05) is 0 Å². The zero-order valence-corrected chi connectivity index (χ0v) is 13.6. The molecule has 22 heavy (non-hydrogen) atoms. The van der Waals surface area contributed by atoms with Crippen molar-refractivity contribution >= 4 is 5.69 Å². The number of rotatable bonds is 1. The smallest absolute Gasteiger partial charge is 0.0513 e. The van der Waals surface area contributed by atoms with Gasteiger partial charge in [-0.05, 0) is 48.8 Å². The molecule has 2 aliphatic heterocycles. The molecule has 1 aromatic rings. The quantitative estimate of drug-likeness (QED) is 0.837. The van der Waals surface area contributed by atoms with Crippen LogP contribution in [0, 0.1) is 0 Å². The average Bonchev–Trinajstić information content (AvgIpc) is 2.92. The van der Waals surface area contributed by atoms with Gasteiger partial charge >= 0.3 is 0 Å². The Morgan fingerprint density at radius 2 is 1.86 bits per heavy atom. The number of anilines is 1. The van der Waals surface area contributed by atoms with Crippen LogP contribution >= 0.6 is 0 Å². The molecule has 2 nitrogen and oxygen atoms in total. The number of piperazine rings is 1. The lowest BCUT2D eigenvalue weighted by Gasteiger charge is -2.44. The van der Waals surface area contributed by atoms with Gasteiger partial charge in [-0.1, -0.05) is 37.8 Å². The molecule has 0 radical (unpaired) electrons. The van der Waals surface area contributed by atoms with Crippen LogP contribution in [0.3, 0.4) is 0 Å². The maximum absolute atomic E-state index is 3.79. The lowest BCUT2D eigenvalue weighted by Crippen LogP contribution is -2.59. The van der Waals surface area contributed by atoms with E-state index in [0.29, 0.717) is 0 Å². The molecule has 0 spiro atoms. The molecule has 118 valence electrons. The fraction of sp³-hybridized carbons (Fsp3) is 0.700. The summed E-state index contributed by atoms with van der Waals surface area (Å²) in [6.07, 6.45) is 11.3. The van der Waals surface area contributed by atoms with Crippen LogP contribution in [0.1, 0.15) is 74.3 Å². The minimum atomic E-state index is 0.734. The van der Waals surface area contributed by atoms with E-state index >= 15 is 0 Å². The molecule has 2 heteroatoms. The zero-order valence-electron chi connectivity index (χ0n) is 13.6. The van der Waals surface area contributed by atoms with Crippen molar-refractivity contribution in [2.75, 3.05) is 18.0 Å². The molecule has 1 aromatic carbocycles. The highest BCUT2D eigenvalue weighted by molar-refractivity contribution is 5.64. The molecule has 2 aliphatic carbocycles. The van der Waals surface area contributed by atoms with E-state index < -0.39 is 0 Å². The predicted octanol–water partition coefficient (Wildman–Crippen LogP) is 4.16. The second-order valence-electron chi connectivity index (χ2n) is 7.94. The van der Waals surface area contributed by atoms with Gasteiger partial charge in [-0.2, -0.15) is 0 Å². The SMILES string of the molecule is c1cc2c(cc1C1CCCCC1)[C@@H]1CCC[C@@H]3NCCN2[C@@H]31. The standard InChI is InChI=1S/C20H28N2/c1-2-5-14(6-3-1)15-9-10-19-17(13-15)16-7-4-8-18-20(16)22(19)12-11-21-18/h9-10,13-14,16,18,20-21H,1-8,11-12H2/t16-,18-,20+/m0/s1. The van der Waals surface area contributed by atoms with Gasteiger partial charge in [0.05, 0.1) is 6.04 Å². The number of fused-ring (bicyclic) bond motifs is 3. The summed E-state index contributed by atoms with van der Waals surface area (Å²) in [6, 6.07) is 9.04. The molecule has 0 aromatic heterocycles. The Kier molecular flexibility index (Phi) is 3.21. The second kappa shape index (κ2) is 5.26. The molecular weight excluding hydrogens is 268 g/mol. The van der Waals surface area contributed by atoms with Crippen LogP contribution in [-0.4, -0.2) is 25.2 Å². The van der Waals surface area contributed by atoms with Gasteiger partial charge in [0.25, 0.3) is 0 Å². The fourth-order valence-corrected chi connectivity index (χ4v) is 5.80. The first kappa shape index (κ1) is 13.4. The molecule has 1 saturated heterocycles. The molecule has 3 atom stereocenters. The summed E-state index contributed by atoms with van der Waals surface area (Å²) in [7, 11) is 0. The highest BCUT2D eigenvalue weighted by Crippen LogP contribution is 2.49. The lowest BCUT2D eigenvalue weighted by molar-refractivity contribution is 0.270. The normalized spacial score (nSPS) is 34.4. The van der Waals surface area contributed by atoms with Crippen LogP contribution in [0.2, 0.25) is 0 Å². The van der Waals surface area contributed by atoms with Crippen LogP contribution in [0.15, 0.2) is 18.2 Å². The third-order valence-corrected chi connectivity index (χ3v) is 6.81. The summed E-state index contributed by atoms with van der Waals surface area (Å²) < 4.78 is 0. The number of nitrogens with zero attached hydrogens (tertiary/aromatic N) is 1.